The van der Waals surface area contributed by atoms with Crippen molar-refractivity contribution in [1.29, 1.82) is 0 Å². The summed E-state index contributed by atoms with van der Waals surface area (Å²) in [7, 11) is 0. The van der Waals surface area contributed by atoms with Gasteiger partial charge >= 0.3 is 0 Å². The van der Waals surface area contributed by atoms with Crippen molar-refractivity contribution in [2.24, 2.45) is 5.73 Å². The number of nitrogens with two attached hydrogens (primary N) is 1. The van der Waals surface area contributed by atoms with Gasteiger partial charge < -0.3 is 25.6 Å². The number of ether oxygens (including phenoxy) is 2. The maximum Gasteiger partial charge on any atom is 0.245 e. The molecule has 0 aromatic carbocycles. The van der Waals surface area contributed by atoms with E-state index in [1.54, 1.807) is 0 Å². The van der Waals surface area contributed by atoms with E-state index in [1.807, 2.05) is 0 Å². The van der Waals surface area contributed by atoms with Crippen LogP contribution in [0.15, 0.2) is 0 Å². The van der Waals surface area contributed by atoms with Crippen LogP contribution in [-0.4, -0.2) is 56.5 Å². The first-order chi connectivity index (χ1) is 7.16. The van der Waals surface area contributed by atoms with Crippen molar-refractivity contribution >= 4 is 11.8 Å². The number of carbonyl (C=O) groups is 2. The smallest absolute Gasteiger partial charge is 0.245 e. The normalized spacial score (nSPS) is 9.93. The van der Waals surface area contributed by atoms with Gasteiger partial charge in [-0.3, -0.25) is 9.59 Å². The lowest BCUT2D eigenvalue weighted by Crippen LogP contribution is -2.29. The number of primary amides is 1. The molecular weight excluding hydrogens is 204 g/mol. The molecule has 2 amide bonds. The Morgan fingerprint density at radius 3 is 2.47 bits per heavy atom. The zero-order valence-corrected chi connectivity index (χ0v) is 8.40. The Balaban J connectivity index is 3.05. The van der Waals surface area contributed by atoms with E-state index in [-0.39, 0.29) is 13.2 Å². The summed E-state index contributed by atoms with van der Waals surface area (Å²) in [6.07, 6.45) is 0. The molecule has 15 heavy (non-hydrogen) atoms. The topological polar surface area (TPSA) is 111 Å². The summed E-state index contributed by atoms with van der Waals surface area (Å²) in [4.78, 5) is 20.8. The van der Waals surface area contributed by atoms with Gasteiger partial charge in [0.1, 0.15) is 13.2 Å². The van der Waals surface area contributed by atoms with Crippen LogP contribution in [0.1, 0.15) is 0 Å². The van der Waals surface area contributed by atoms with Crippen molar-refractivity contribution in [1.82, 2.24) is 5.32 Å². The summed E-state index contributed by atoms with van der Waals surface area (Å²) in [6, 6.07) is 0. The van der Waals surface area contributed by atoms with Crippen molar-refractivity contribution in [3.8, 4) is 0 Å². The lowest BCUT2D eigenvalue weighted by Gasteiger charge is -2.05. The van der Waals surface area contributed by atoms with Crippen LogP contribution in [0.5, 0.6) is 0 Å². The first-order valence-electron chi connectivity index (χ1n) is 4.48. The molecule has 0 unspecified atom stereocenters. The predicted octanol–water partition coefficient (Wildman–Crippen LogP) is -2.39. The number of hydrogen-bond acceptors (Lipinski definition) is 5. The molecule has 0 aliphatic carbocycles. The molecule has 4 N–H and O–H groups in total. The summed E-state index contributed by atoms with van der Waals surface area (Å²) in [5.41, 5.74) is 4.83. The molecule has 88 valence electrons. The van der Waals surface area contributed by atoms with Crippen LogP contribution >= 0.6 is 0 Å². The van der Waals surface area contributed by atoms with Crippen LogP contribution in [0.4, 0.5) is 0 Å². The highest BCUT2D eigenvalue weighted by Crippen LogP contribution is 1.77. The van der Waals surface area contributed by atoms with Gasteiger partial charge in [0.25, 0.3) is 0 Å². The molecule has 0 atom stereocenters. The second-order valence-electron chi connectivity index (χ2n) is 2.64. The van der Waals surface area contributed by atoms with Crippen molar-refractivity contribution in [3.63, 3.8) is 0 Å². The Bertz CT molecular complexity index is 197. The standard InChI is InChI=1S/C8H16N2O5/c9-7(12)6-15-4-3-14-2-1-10-8(13)5-11/h11H,1-6H2,(H2,9,12)(H,10,13). The van der Waals surface area contributed by atoms with Gasteiger partial charge in [-0.05, 0) is 0 Å². The van der Waals surface area contributed by atoms with Crippen LogP contribution in [-0.2, 0) is 19.1 Å². The van der Waals surface area contributed by atoms with Gasteiger partial charge in [-0.25, -0.2) is 0 Å². The molecule has 0 aliphatic rings. The van der Waals surface area contributed by atoms with Crippen molar-refractivity contribution in [3.05, 3.63) is 0 Å². The Hall–Kier alpha value is -1.18. The van der Waals surface area contributed by atoms with Crippen molar-refractivity contribution in [2.75, 3.05) is 39.6 Å². The van der Waals surface area contributed by atoms with E-state index in [1.165, 1.54) is 0 Å². The molecule has 0 radical (unpaired) electrons. The van der Waals surface area contributed by atoms with Crippen LogP contribution < -0.4 is 11.1 Å². The van der Waals surface area contributed by atoms with Gasteiger partial charge in [-0.1, -0.05) is 0 Å². The first-order valence-corrected chi connectivity index (χ1v) is 4.48. The molecule has 0 saturated heterocycles. The molecule has 0 aromatic rings. The fourth-order valence-electron chi connectivity index (χ4n) is 0.711. The second-order valence-corrected chi connectivity index (χ2v) is 2.64. The average molecular weight is 220 g/mol. The Labute approximate surface area is 87.5 Å². The molecule has 7 heteroatoms. The Kier molecular flexibility index (Phi) is 8.64. The third-order valence-electron chi connectivity index (χ3n) is 1.33. The van der Waals surface area contributed by atoms with Gasteiger partial charge in [0.15, 0.2) is 0 Å². The van der Waals surface area contributed by atoms with E-state index in [2.05, 4.69) is 5.32 Å². The summed E-state index contributed by atoms with van der Waals surface area (Å²) < 4.78 is 9.85. The number of hydrogen-bond donors (Lipinski definition) is 3. The van der Waals surface area contributed by atoms with E-state index >= 15 is 0 Å². The summed E-state index contributed by atoms with van der Waals surface area (Å²) in [5, 5.41) is 10.8. The van der Waals surface area contributed by atoms with Gasteiger partial charge in [0, 0.05) is 6.54 Å². The molecule has 0 bridgehead atoms. The fraction of sp³-hybridized carbons (Fsp3) is 0.750. The van der Waals surface area contributed by atoms with Gasteiger partial charge in [0.2, 0.25) is 11.8 Å². The average Bonchev–Trinajstić information content (AvgIpc) is 2.21. The molecule has 0 saturated carbocycles. The maximum atomic E-state index is 10.5. The molecule has 0 spiro atoms. The van der Waals surface area contributed by atoms with E-state index in [0.29, 0.717) is 19.8 Å². The van der Waals surface area contributed by atoms with Crippen LogP contribution in [0.3, 0.4) is 0 Å². The molecule has 0 fully saturated rings. The SMILES string of the molecule is NC(=O)COCCOCCNC(=O)CO. The number of carbonyl (C=O) groups excluding carboxylic acids is 2. The second kappa shape index (κ2) is 9.38. The molecule has 0 aliphatic heterocycles. The third-order valence-corrected chi connectivity index (χ3v) is 1.33. The number of aliphatic hydroxyl groups is 1. The quantitative estimate of drug-likeness (QED) is 0.375. The van der Waals surface area contributed by atoms with Crippen molar-refractivity contribution < 1.29 is 24.2 Å². The molecule has 0 heterocycles. The highest BCUT2D eigenvalue weighted by Gasteiger charge is 1.96. The van der Waals surface area contributed by atoms with E-state index < -0.39 is 18.4 Å². The van der Waals surface area contributed by atoms with Crippen molar-refractivity contribution in [2.45, 2.75) is 0 Å². The lowest BCUT2D eigenvalue weighted by molar-refractivity contribution is -0.124. The van der Waals surface area contributed by atoms with Gasteiger partial charge in [-0.15, -0.1) is 0 Å². The number of nitrogens with one attached hydrogen (secondary N) is 1. The zero-order valence-electron chi connectivity index (χ0n) is 8.40. The predicted molar refractivity (Wildman–Crippen MR) is 50.9 cm³/mol. The zero-order chi connectivity index (χ0) is 11.5. The van der Waals surface area contributed by atoms with Crippen LogP contribution in [0.25, 0.3) is 0 Å². The van der Waals surface area contributed by atoms with Gasteiger partial charge in [-0.2, -0.15) is 0 Å². The highest BCUT2D eigenvalue weighted by molar-refractivity contribution is 5.76. The summed E-state index contributed by atoms with van der Waals surface area (Å²) in [5.74, 6) is -0.964. The van der Waals surface area contributed by atoms with E-state index in [0.717, 1.165) is 0 Å². The number of amides is 2. The van der Waals surface area contributed by atoms with Crippen LogP contribution in [0, 0.1) is 0 Å². The third kappa shape index (κ3) is 10.7. The minimum atomic E-state index is -0.526. The lowest BCUT2D eigenvalue weighted by atomic mass is 10.6. The molecular formula is C8H16N2O5. The number of aliphatic hydroxyl groups excluding tert-OH is 1. The molecule has 0 rings (SSSR count). The number of rotatable bonds is 9. The summed E-state index contributed by atoms with van der Waals surface area (Å²) >= 11 is 0. The first kappa shape index (κ1) is 13.8. The largest absolute Gasteiger partial charge is 0.387 e. The highest BCUT2D eigenvalue weighted by atomic mass is 16.5. The van der Waals surface area contributed by atoms with Gasteiger partial charge in [0.05, 0.1) is 19.8 Å². The minimum Gasteiger partial charge on any atom is -0.387 e. The summed E-state index contributed by atoms with van der Waals surface area (Å²) in [6.45, 7) is 0.604. The van der Waals surface area contributed by atoms with E-state index in [9.17, 15) is 9.59 Å². The van der Waals surface area contributed by atoms with E-state index in [4.69, 9.17) is 20.3 Å². The Morgan fingerprint density at radius 2 is 1.87 bits per heavy atom. The Morgan fingerprint density at radius 1 is 1.20 bits per heavy atom. The monoisotopic (exact) mass is 220 g/mol. The maximum absolute atomic E-state index is 10.5. The molecule has 0 aromatic heterocycles. The molecule has 7 nitrogen and oxygen atoms in total. The van der Waals surface area contributed by atoms with Crippen LogP contribution in [0.2, 0.25) is 0 Å². The minimum absolute atomic E-state index is 0.120. The fourth-order valence-corrected chi connectivity index (χ4v) is 0.711.